The third-order valence-electron chi connectivity index (χ3n) is 2.38. The van der Waals surface area contributed by atoms with Crippen molar-refractivity contribution in [2.75, 3.05) is 17.2 Å². The predicted molar refractivity (Wildman–Crippen MR) is 70.6 cm³/mol. The highest BCUT2D eigenvalue weighted by atomic mass is 19.2. The van der Waals surface area contributed by atoms with Crippen LogP contribution in [0, 0.1) is 18.6 Å². The highest BCUT2D eigenvalue weighted by molar-refractivity contribution is 5.57. The number of halogens is 2. The van der Waals surface area contributed by atoms with Gasteiger partial charge in [0.15, 0.2) is 11.6 Å². The highest BCUT2D eigenvalue weighted by Crippen LogP contribution is 2.19. The minimum absolute atomic E-state index is 0.430. The van der Waals surface area contributed by atoms with E-state index < -0.39 is 11.6 Å². The van der Waals surface area contributed by atoms with Crippen molar-refractivity contribution in [1.82, 2.24) is 9.97 Å². The van der Waals surface area contributed by atoms with Gasteiger partial charge < -0.3 is 10.6 Å². The van der Waals surface area contributed by atoms with Crippen molar-refractivity contribution in [3.05, 3.63) is 41.6 Å². The zero-order chi connectivity index (χ0) is 13.8. The van der Waals surface area contributed by atoms with E-state index in [1.807, 2.05) is 13.8 Å². The first kappa shape index (κ1) is 13.2. The van der Waals surface area contributed by atoms with Crippen molar-refractivity contribution < 1.29 is 8.78 Å². The molecule has 100 valence electrons. The molecule has 2 N–H and O–H groups in total. The average molecular weight is 264 g/mol. The summed E-state index contributed by atoms with van der Waals surface area (Å²) in [6.07, 6.45) is 0. The molecule has 0 radical (unpaired) electrons. The summed E-state index contributed by atoms with van der Waals surface area (Å²) in [5.41, 5.74) is 1.20. The normalized spacial score (nSPS) is 10.3. The van der Waals surface area contributed by atoms with Crippen LogP contribution >= 0.6 is 0 Å². The Hall–Kier alpha value is -2.24. The van der Waals surface area contributed by atoms with Crippen LogP contribution in [0.5, 0.6) is 0 Å². The number of hydrogen-bond acceptors (Lipinski definition) is 4. The molecule has 0 atom stereocenters. The minimum Gasteiger partial charge on any atom is -0.354 e. The van der Waals surface area contributed by atoms with Crippen LogP contribution in [0.25, 0.3) is 0 Å². The maximum absolute atomic E-state index is 13.1. The van der Waals surface area contributed by atoms with E-state index >= 15 is 0 Å². The standard InChI is InChI=1S/C13H14F2N4/c1-3-16-13-17-8(2)6-12(19-13)18-9-4-5-10(14)11(15)7-9/h4-7H,3H2,1-2H3,(H2,16,17,18,19). The molecule has 0 saturated carbocycles. The molecule has 1 aromatic heterocycles. The molecule has 0 spiro atoms. The fraction of sp³-hybridized carbons (Fsp3) is 0.231. The maximum Gasteiger partial charge on any atom is 0.224 e. The molecular formula is C13H14F2N4. The van der Waals surface area contributed by atoms with Crippen molar-refractivity contribution in [2.45, 2.75) is 13.8 Å². The van der Waals surface area contributed by atoms with Gasteiger partial charge in [-0.3, -0.25) is 0 Å². The Morgan fingerprint density at radius 3 is 2.58 bits per heavy atom. The Labute approximate surface area is 109 Å². The Morgan fingerprint density at radius 2 is 1.89 bits per heavy atom. The lowest BCUT2D eigenvalue weighted by Crippen LogP contribution is -2.05. The first-order chi connectivity index (χ1) is 9.08. The Kier molecular flexibility index (Phi) is 3.89. The summed E-state index contributed by atoms with van der Waals surface area (Å²) in [6, 6.07) is 5.32. The number of anilines is 3. The monoisotopic (exact) mass is 264 g/mol. The van der Waals surface area contributed by atoms with Crippen molar-refractivity contribution >= 4 is 17.5 Å². The molecule has 0 aliphatic rings. The van der Waals surface area contributed by atoms with Gasteiger partial charge >= 0.3 is 0 Å². The molecule has 19 heavy (non-hydrogen) atoms. The van der Waals surface area contributed by atoms with E-state index in [2.05, 4.69) is 20.6 Å². The molecule has 1 heterocycles. The summed E-state index contributed by atoms with van der Waals surface area (Å²) < 4.78 is 25.9. The Bertz CT molecular complexity index is 587. The summed E-state index contributed by atoms with van der Waals surface area (Å²) in [4.78, 5) is 8.42. The molecule has 0 aliphatic heterocycles. The lowest BCUT2D eigenvalue weighted by molar-refractivity contribution is 0.509. The third kappa shape index (κ3) is 3.37. The van der Waals surface area contributed by atoms with Gasteiger partial charge in [0.2, 0.25) is 5.95 Å². The number of aromatic nitrogens is 2. The third-order valence-corrected chi connectivity index (χ3v) is 2.38. The quantitative estimate of drug-likeness (QED) is 0.890. The second-order valence-corrected chi connectivity index (χ2v) is 4.00. The molecule has 0 bridgehead atoms. The van der Waals surface area contributed by atoms with Crippen LogP contribution in [0.2, 0.25) is 0 Å². The Morgan fingerprint density at radius 1 is 1.11 bits per heavy atom. The molecule has 0 fully saturated rings. The van der Waals surface area contributed by atoms with Crippen molar-refractivity contribution in [3.8, 4) is 0 Å². The number of hydrogen-bond donors (Lipinski definition) is 2. The number of rotatable bonds is 4. The lowest BCUT2D eigenvalue weighted by atomic mass is 10.3. The van der Waals surface area contributed by atoms with Gasteiger partial charge in [-0.25, -0.2) is 13.8 Å². The van der Waals surface area contributed by atoms with Gasteiger partial charge in [-0.2, -0.15) is 4.98 Å². The minimum atomic E-state index is -0.900. The van der Waals surface area contributed by atoms with Gasteiger partial charge in [0.05, 0.1) is 0 Å². The summed E-state index contributed by atoms with van der Waals surface area (Å²) in [5, 5.41) is 5.91. The molecule has 0 saturated heterocycles. The van der Waals surface area contributed by atoms with Crippen LogP contribution < -0.4 is 10.6 Å². The molecule has 0 amide bonds. The lowest BCUT2D eigenvalue weighted by Gasteiger charge is -2.09. The van der Waals surface area contributed by atoms with Crippen molar-refractivity contribution in [1.29, 1.82) is 0 Å². The maximum atomic E-state index is 13.1. The number of aryl methyl sites for hydroxylation is 1. The van der Waals surface area contributed by atoms with Crippen molar-refractivity contribution in [3.63, 3.8) is 0 Å². The molecule has 2 rings (SSSR count). The summed E-state index contributed by atoms with van der Waals surface area (Å²) in [7, 11) is 0. The van der Waals surface area contributed by atoms with E-state index in [1.54, 1.807) is 6.07 Å². The average Bonchev–Trinajstić information content (AvgIpc) is 2.33. The molecule has 2 aromatic rings. The smallest absolute Gasteiger partial charge is 0.224 e. The molecule has 4 nitrogen and oxygen atoms in total. The van der Waals surface area contributed by atoms with Gasteiger partial charge in [0, 0.05) is 30.1 Å². The molecule has 1 aromatic carbocycles. The largest absolute Gasteiger partial charge is 0.354 e. The van der Waals surface area contributed by atoms with E-state index in [0.29, 0.717) is 24.0 Å². The van der Waals surface area contributed by atoms with E-state index in [1.165, 1.54) is 6.07 Å². The molecule has 0 aliphatic carbocycles. The number of nitrogens with zero attached hydrogens (tertiary/aromatic N) is 2. The number of benzene rings is 1. The second kappa shape index (κ2) is 5.60. The zero-order valence-corrected chi connectivity index (χ0v) is 10.7. The second-order valence-electron chi connectivity index (χ2n) is 4.00. The summed E-state index contributed by atoms with van der Waals surface area (Å²) in [6.45, 7) is 4.47. The van der Waals surface area contributed by atoms with Crippen LogP contribution in [0.1, 0.15) is 12.6 Å². The molecule has 0 unspecified atom stereocenters. The van der Waals surface area contributed by atoms with E-state index in [0.717, 1.165) is 17.8 Å². The van der Waals surface area contributed by atoms with Crippen LogP contribution in [0.15, 0.2) is 24.3 Å². The SMILES string of the molecule is CCNc1nc(C)cc(Nc2ccc(F)c(F)c2)n1. The molecule has 6 heteroatoms. The van der Waals surface area contributed by atoms with E-state index in [9.17, 15) is 8.78 Å². The first-order valence-corrected chi connectivity index (χ1v) is 5.90. The van der Waals surface area contributed by atoms with Crippen LogP contribution in [-0.4, -0.2) is 16.5 Å². The van der Waals surface area contributed by atoms with E-state index in [-0.39, 0.29) is 0 Å². The van der Waals surface area contributed by atoms with Crippen molar-refractivity contribution in [2.24, 2.45) is 0 Å². The topological polar surface area (TPSA) is 49.8 Å². The van der Waals surface area contributed by atoms with Gasteiger partial charge in [0.1, 0.15) is 5.82 Å². The van der Waals surface area contributed by atoms with Gasteiger partial charge in [-0.1, -0.05) is 0 Å². The number of nitrogens with one attached hydrogen (secondary N) is 2. The fourth-order valence-corrected chi connectivity index (χ4v) is 1.59. The van der Waals surface area contributed by atoms with Crippen LogP contribution in [0.4, 0.5) is 26.2 Å². The highest BCUT2D eigenvalue weighted by Gasteiger charge is 2.05. The summed E-state index contributed by atoms with van der Waals surface area (Å²) >= 11 is 0. The predicted octanol–water partition coefficient (Wildman–Crippen LogP) is 3.24. The first-order valence-electron chi connectivity index (χ1n) is 5.90. The van der Waals surface area contributed by atoms with Crippen LogP contribution in [0.3, 0.4) is 0 Å². The summed E-state index contributed by atoms with van der Waals surface area (Å²) in [5.74, 6) is -0.762. The molecular weight excluding hydrogens is 250 g/mol. The fourth-order valence-electron chi connectivity index (χ4n) is 1.59. The van der Waals surface area contributed by atoms with Gasteiger partial charge in [-0.05, 0) is 26.0 Å². The van der Waals surface area contributed by atoms with Crippen LogP contribution in [-0.2, 0) is 0 Å². The van der Waals surface area contributed by atoms with E-state index in [4.69, 9.17) is 0 Å². The van der Waals surface area contributed by atoms with Gasteiger partial charge in [0.25, 0.3) is 0 Å². The zero-order valence-electron chi connectivity index (χ0n) is 10.7. The Balaban J connectivity index is 2.24. The van der Waals surface area contributed by atoms with Gasteiger partial charge in [-0.15, -0.1) is 0 Å².